The number of rotatable bonds is 7. The number of carbonyl (C=O) groups is 1. The number of aromatic nitrogens is 2. The zero-order valence-corrected chi connectivity index (χ0v) is 19.7. The number of hydrogen-bond donors (Lipinski definition) is 1. The van der Waals surface area contributed by atoms with Crippen LogP contribution >= 0.6 is 27.5 Å². The minimum Gasteiger partial charge on any atom is -0.449 e. The Kier molecular flexibility index (Phi) is 8.84. The molecule has 7 nitrogen and oxygen atoms in total. The average molecular weight is 546 g/mol. The van der Waals surface area contributed by atoms with Crippen LogP contribution in [0.5, 0.6) is 11.5 Å². The number of nitriles is 1. The molecule has 0 bridgehead atoms. The number of nitrogens with one attached hydrogen (secondary N) is 1. The van der Waals surface area contributed by atoms with E-state index in [9.17, 15) is 22.8 Å². The smallest absolute Gasteiger partial charge is 0.437 e. The molecule has 33 heavy (non-hydrogen) atoms. The SMILES string of the molecule is CC/C=C(/C=C(/Br)C(=O)NC)Cn1cnc(C(F)(F)F)c(Oc2cc(Cl)cc(C#N)c2)c1=O. The number of alkyl halides is 3. The van der Waals surface area contributed by atoms with Crippen LogP contribution in [0.25, 0.3) is 0 Å². The van der Waals surface area contributed by atoms with Crippen molar-refractivity contribution in [3.8, 4) is 17.6 Å². The highest BCUT2D eigenvalue weighted by atomic mass is 79.9. The lowest BCUT2D eigenvalue weighted by Gasteiger charge is -2.15. The zero-order chi connectivity index (χ0) is 24.8. The van der Waals surface area contributed by atoms with Gasteiger partial charge in [0.2, 0.25) is 5.75 Å². The first-order valence-electron chi connectivity index (χ1n) is 9.33. The normalized spacial score (nSPS) is 12.3. The van der Waals surface area contributed by atoms with Crippen molar-refractivity contribution >= 4 is 33.4 Å². The maximum absolute atomic E-state index is 13.5. The predicted octanol–water partition coefficient (Wildman–Crippen LogP) is 4.94. The van der Waals surface area contributed by atoms with Gasteiger partial charge in [0.25, 0.3) is 11.5 Å². The summed E-state index contributed by atoms with van der Waals surface area (Å²) in [6.45, 7) is 1.63. The van der Waals surface area contributed by atoms with E-state index in [0.717, 1.165) is 17.0 Å². The van der Waals surface area contributed by atoms with Gasteiger partial charge in [-0.25, -0.2) is 4.98 Å². The van der Waals surface area contributed by atoms with E-state index in [1.165, 1.54) is 25.3 Å². The summed E-state index contributed by atoms with van der Waals surface area (Å²) in [5.74, 6) is -1.72. The van der Waals surface area contributed by atoms with Gasteiger partial charge < -0.3 is 10.1 Å². The van der Waals surface area contributed by atoms with Gasteiger partial charge >= 0.3 is 6.18 Å². The number of halogens is 5. The van der Waals surface area contributed by atoms with Gasteiger partial charge in [-0.3, -0.25) is 14.2 Å². The predicted molar refractivity (Wildman–Crippen MR) is 119 cm³/mol. The van der Waals surface area contributed by atoms with Gasteiger partial charge in [-0.15, -0.1) is 0 Å². The van der Waals surface area contributed by atoms with Gasteiger partial charge in [0, 0.05) is 12.1 Å². The summed E-state index contributed by atoms with van der Waals surface area (Å²) in [5, 5.41) is 11.5. The molecule has 0 radical (unpaired) electrons. The Hall–Kier alpha value is -3.10. The number of allylic oxidation sites excluding steroid dienone is 3. The maximum Gasteiger partial charge on any atom is 0.437 e. The third-order valence-corrected chi connectivity index (χ3v) is 4.87. The topological polar surface area (TPSA) is 97.0 Å². The molecule has 0 saturated carbocycles. The number of likely N-dealkylation sites (N-methyl/N-ethyl adjacent to an activating group) is 1. The molecule has 2 rings (SSSR count). The van der Waals surface area contributed by atoms with Crippen LogP contribution in [0.2, 0.25) is 5.02 Å². The Morgan fingerprint density at radius 2 is 2.09 bits per heavy atom. The van der Waals surface area contributed by atoms with Crippen LogP contribution in [0.3, 0.4) is 0 Å². The summed E-state index contributed by atoms with van der Waals surface area (Å²) in [6.07, 6.45) is -0.546. The lowest BCUT2D eigenvalue weighted by atomic mass is 10.2. The highest BCUT2D eigenvalue weighted by Crippen LogP contribution is 2.35. The molecular weight excluding hydrogens is 529 g/mol. The summed E-state index contributed by atoms with van der Waals surface area (Å²) in [6, 6.07) is 5.41. The monoisotopic (exact) mass is 544 g/mol. The van der Waals surface area contributed by atoms with Crippen molar-refractivity contribution in [1.82, 2.24) is 14.9 Å². The third kappa shape index (κ3) is 6.94. The second-order valence-corrected chi connectivity index (χ2v) is 7.79. The number of benzene rings is 1. The van der Waals surface area contributed by atoms with Crippen LogP contribution in [0.4, 0.5) is 13.2 Å². The number of ether oxygens (including phenoxy) is 1. The van der Waals surface area contributed by atoms with Crippen LogP contribution in [0, 0.1) is 11.3 Å². The standard InChI is InChI=1S/C21H17BrClF3N4O3/c1-3-4-12(7-16(22)19(31)28-2)10-30-11-29-18(21(24,25)26)17(20(30)32)33-15-6-13(9-27)5-14(23)8-15/h4-8,11H,3,10H2,1-2H3,(H,28,31)/b12-4-,16-7+. The Morgan fingerprint density at radius 1 is 1.39 bits per heavy atom. The quantitative estimate of drug-likeness (QED) is 0.393. The van der Waals surface area contributed by atoms with Gasteiger partial charge in [-0.2, -0.15) is 18.4 Å². The lowest BCUT2D eigenvalue weighted by Crippen LogP contribution is -2.27. The number of carbonyl (C=O) groups excluding carboxylic acids is 1. The van der Waals surface area contributed by atoms with Crippen molar-refractivity contribution in [3.05, 3.63) is 73.4 Å². The molecule has 0 aliphatic heterocycles. The Labute approximate surface area is 200 Å². The van der Waals surface area contributed by atoms with Crippen molar-refractivity contribution in [2.45, 2.75) is 26.1 Å². The molecule has 0 fully saturated rings. The molecule has 0 atom stereocenters. The van der Waals surface area contributed by atoms with E-state index in [2.05, 4.69) is 26.2 Å². The number of hydrogen-bond acceptors (Lipinski definition) is 5. The average Bonchev–Trinajstić information content (AvgIpc) is 2.74. The summed E-state index contributed by atoms with van der Waals surface area (Å²) >= 11 is 9.00. The van der Waals surface area contributed by atoms with Crippen molar-refractivity contribution in [1.29, 1.82) is 5.26 Å². The van der Waals surface area contributed by atoms with Crippen molar-refractivity contribution in [2.24, 2.45) is 0 Å². The molecule has 12 heteroatoms. The number of nitrogens with zero attached hydrogens (tertiary/aromatic N) is 3. The van der Waals surface area contributed by atoms with Gasteiger partial charge in [-0.05, 0) is 52.2 Å². The Morgan fingerprint density at radius 3 is 2.67 bits per heavy atom. The Bertz CT molecular complexity index is 1220. The van der Waals surface area contributed by atoms with Crippen LogP contribution in [-0.4, -0.2) is 22.5 Å². The van der Waals surface area contributed by atoms with E-state index >= 15 is 0 Å². The van der Waals surface area contributed by atoms with E-state index in [1.807, 2.05) is 6.92 Å². The summed E-state index contributed by atoms with van der Waals surface area (Å²) in [7, 11) is 1.43. The van der Waals surface area contributed by atoms with Gasteiger partial charge in [0.1, 0.15) is 5.75 Å². The molecule has 1 N–H and O–H groups in total. The fourth-order valence-corrected chi connectivity index (χ4v) is 3.37. The highest BCUT2D eigenvalue weighted by molar-refractivity contribution is 9.12. The van der Waals surface area contributed by atoms with Crippen molar-refractivity contribution in [2.75, 3.05) is 7.05 Å². The van der Waals surface area contributed by atoms with Gasteiger partial charge in [0.15, 0.2) is 5.69 Å². The van der Waals surface area contributed by atoms with Gasteiger partial charge in [-0.1, -0.05) is 24.6 Å². The molecule has 0 unspecified atom stereocenters. The van der Waals surface area contributed by atoms with Crippen LogP contribution in [0.15, 0.2) is 51.5 Å². The zero-order valence-electron chi connectivity index (χ0n) is 17.3. The van der Waals surface area contributed by atoms with Crippen LogP contribution in [-0.2, 0) is 17.5 Å². The summed E-state index contributed by atoms with van der Waals surface area (Å²) < 4.78 is 46.9. The first kappa shape index (κ1) is 26.2. The first-order chi connectivity index (χ1) is 15.5. The second-order valence-electron chi connectivity index (χ2n) is 6.50. The maximum atomic E-state index is 13.5. The molecule has 0 aliphatic carbocycles. The van der Waals surface area contributed by atoms with E-state index in [4.69, 9.17) is 21.6 Å². The second kappa shape index (κ2) is 11.2. The van der Waals surface area contributed by atoms with E-state index < -0.39 is 29.1 Å². The molecule has 174 valence electrons. The van der Waals surface area contributed by atoms with Crippen LogP contribution in [0.1, 0.15) is 24.6 Å². The third-order valence-electron chi connectivity index (χ3n) is 4.06. The van der Waals surface area contributed by atoms with Crippen molar-refractivity contribution < 1.29 is 22.7 Å². The molecular formula is C21H17BrClF3N4O3. The molecule has 0 aliphatic rings. The van der Waals surface area contributed by atoms with Gasteiger partial charge in [0.05, 0.1) is 29.0 Å². The summed E-state index contributed by atoms with van der Waals surface area (Å²) in [4.78, 5) is 28.1. The molecule has 1 amide bonds. The highest BCUT2D eigenvalue weighted by Gasteiger charge is 2.38. The molecule has 2 aromatic rings. The number of amides is 1. The van der Waals surface area contributed by atoms with E-state index in [0.29, 0.717) is 12.0 Å². The Balaban J connectivity index is 2.58. The minimum absolute atomic E-state index is 0.0348. The first-order valence-corrected chi connectivity index (χ1v) is 10.5. The fraction of sp³-hybridized carbons (Fsp3) is 0.238. The molecule has 1 aromatic heterocycles. The minimum atomic E-state index is -4.98. The van der Waals surface area contributed by atoms with E-state index in [-0.39, 0.29) is 27.4 Å². The molecule has 1 aromatic carbocycles. The van der Waals surface area contributed by atoms with Crippen LogP contribution < -0.4 is 15.6 Å². The largest absolute Gasteiger partial charge is 0.449 e. The lowest BCUT2D eigenvalue weighted by molar-refractivity contribution is -0.142. The van der Waals surface area contributed by atoms with E-state index in [1.54, 1.807) is 12.1 Å². The molecule has 1 heterocycles. The summed E-state index contributed by atoms with van der Waals surface area (Å²) in [5.41, 5.74) is -2.13. The van der Waals surface area contributed by atoms with Crippen molar-refractivity contribution in [3.63, 3.8) is 0 Å². The molecule has 0 spiro atoms. The molecule has 0 saturated heterocycles. The fourth-order valence-electron chi connectivity index (χ4n) is 2.66.